The zero-order valence-corrected chi connectivity index (χ0v) is 13.0. The molecule has 0 radical (unpaired) electrons. The van der Waals surface area contributed by atoms with Crippen LogP contribution in [0.25, 0.3) is 0 Å². The molecule has 1 fully saturated rings. The Kier molecular flexibility index (Phi) is 10.4. The monoisotopic (exact) mass is 271 g/mol. The molecule has 0 bridgehead atoms. The smallest absolute Gasteiger partial charge is 0.0623 e. The number of ether oxygens (including phenoxy) is 2. The summed E-state index contributed by atoms with van der Waals surface area (Å²) in [5.74, 6) is 0.643. The van der Waals surface area contributed by atoms with E-state index in [2.05, 4.69) is 19.2 Å². The van der Waals surface area contributed by atoms with Crippen molar-refractivity contribution in [2.75, 3.05) is 33.0 Å². The lowest BCUT2D eigenvalue weighted by atomic mass is 10.00. The van der Waals surface area contributed by atoms with E-state index in [-0.39, 0.29) is 0 Å². The summed E-state index contributed by atoms with van der Waals surface area (Å²) in [7, 11) is 0. The van der Waals surface area contributed by atoms with Gasteiger partial charge in [0.1, 0.15) is 0 Å². The molecule has 0 spiro atoms. The summed E-state index contributed by atoms with van der Waals surface area (Å²) in [6.07, 6.45) is 9.16. The predicted octanol–water partition coefficient (Wildman–Crippen LogP) is 3.38. The van der Waals surface area contributed by atoms with Crippen LogP contribution >= 0.6 is 0 Å². The van der Waals surface area contributed by atoms with Gasteiger partial charge in [0, 0.05) is 25.2 Å². The van der Waals surface area contributed by atoms with Crippen molar-refractivity contribution in [1.82, 2.24) is 5.32 Å². The standard InChI is InChI=1S/C16H33NO2/c1-3-5-6-7-8-9-11-18-14-16(17-4-2)15-10-12-19-13-15/h15-17H,3-14H2,1-2H3. The normalized spacial score (nSPS) is 20.8. The summed E-state index contributed by atoms with van der Waals surface area (Å²) < 4.78 is 11.3. The number of unbranched alkanes of at least 4 members (excludes halogenated alkanes) is 5. The Morgan fingerprint density at radius 1 is 1.16 bits per heavy atom. The SMILES string of the molecule is CCCCCCCCOCC(NCC)C1CCOC1. The van der Waals surface area contributed by atoms with Gasteiger partial charge in [-0.15, -0.1) is 0 Å². The highest BCUT2D eigenvalue weighted by Crippen LogP contribution is 2.17. The number of nitrogens with one attached hydrogen (secondary N) is 1. The molecular weight excluding hydrogens is 238 g/mol. The van der Waals surface area contributed by atoms with E-state index < -0.39 is 0 Å². The molecule has 2 atom stereocenters. The quantitative estimate of drug-likeness (QED) is 0.552. The van der Waals surface area contributed by atoms with Crippen LogP contribution in [0.4, 0.5) is 0 Å². The summed E-state index contributed by atoms with van der Waals surface area (Å²) in [4.78, 5) is 0. The summed E-state index contributed by atoms with van der Waals surface area (Å²) in [5.41, 5.74) is 0. The van der Waals surface area contributed by atoms with Crippen LogP contribution in [0.5, 0.6) is 0 Å². The Hall–Kier alpha value is -0.120. The van der Waals surface area contributed by atoms with Gasteiger partial charge in [0.2, 0.25) is 0 Å². The van der Waals surface area contributed by atoms with Crippen LogP contribution in [0, 0.1) is 5.92 Å². The molecule has 1 saturated heterocycles. The van der Waals surface area contributed by atoms with Crippen molar-refractivity contribution >= 4 is 0 Å². The zero-order valence-electron chi connectivity index (χ0n) is 13.0. The van der Waals surface area contributed by atoms with Crippen LogP contribution in [-0.2, 0) is 9.47 Å². The second kappa shape index (κ2) is 11.7. The van der Waals surface area contributed by atoms with E-state index in [0.29, 0.717) is 12.0 Å². The lowest BCUT2D eigenvalue weighted by Crippen LogP contribution is -2.40. The fourth-order valence-electron chi connectivity index (χ4n) is 2.69. The van der Waals surface area contributed by atoms with Crippen LogP contribution in [0.1, 0.15) is 58.8 Å². The molecule has 1 aliphatic rings. The minimum atomic E-state index is 0.479. The third-order valence-electron chi connectivity index (χ3n) is 3.94. The van der Waals surface area contributed by atoms with Gasteiger partial charge in [-0.3, -0.25) is 0 Å². The van der Waals surface area contributed by atoms with Crippen LogP contribution in [0.15, 0.2) is 0 Å². The van der Waals surface area contributed by atoms with E-state index in [1.165, 1.54) is 44.9 Å². The highest BCUT2D eigenvalue weighted by atomic mass is 16.5. The molecule has 0 aromatic heterocycles. The molecule has 0 aromatic rings. The van der Waals surface area contributed by atoms with Crippen molar-refractivity contribution < 1.29 is 9.47 Å². The molecule has 3 heteroatoms. The van der Waals surface area contributed by atoms with Crippen LogP contribution in [0.3, 0.4) is 0 Å². The molecule has 2 unspecified atom stereocenters. The van der Waals surface area contributed by atoms with Gasteiger partial charge in [0.25, 0.3) is 0 Å². The van der Waals surface area contributed by atoms with Gasteiger partial charge in [-0.2, -0.15) is 0 Å². The lowest BCUT2D eigenvalue weighted by molar-refractivity contribution is 0.0851. The highest BCUT2D eigenvalue weighted by Gasteiger charge is 2.24. The van der Waals surface area contributed by atoms with E-state index in [9.17, 15) is 0 Å². The van der Waals surface area contributed by atoms with E-state index >= 15 is 0 Å². The number of hydrogen-bond acceptors (Lipinski definition) is 3. The summed E-state index contributed by atoms with van der Waals surface area (Å²) in [5, 5.41) is 3.54. The van der Waals surface area contributed by atoms with Crippen molar-refractivity contribution in [3.63, 3.8) is 0 Å². The first-order chi connectivity index (χ1) is 9.38. The topological polar surface area (TPSA) is 30.5 Å². The Labute approximate surface area is 119 Å². The lowest BCUT2D eigenvalue weighted by Gasteiger charge is -2.23. The molecule has 1 N–H and O–H groups in total. The Balaban J connectivity index is 1.98. The van der Waals surface area contributed by atoms with Gasteiger partial charge in [-0.1, -0.05) is 46.0 Å². The van der Waals surface area contributed by atoms with Crippen molar-refractivity contribution in [1.29, 1.82) is 0 Å². The van der Waals surface area contributed by atoms with E-state index in [1.54, 1.807) is 0 Å². The first kappa shape index (κ1) is 16.9. The van der Waals surface area contributed by atoms with Crippen molar-refractivity contribution in [2.45, 2.75) is 64.8 Å². The predicted molar refractivity (Wildman–Crippen MR) is 80.6 cm³/mol. The number of likely N-dealkylation sites (N-methyl/N-ethyl adjacent to an activating group) is 1. The zero-order chi connectivity index (χ0) is 13.8. The molecule has 0 aromatic carbocycles. The maximum Gasteiger partial charge on any atom is 0.0623 e. The molecule has 19 heavy (non-hydrogen) atoms. The van der Waals surface area contributed by atoms with Gasteiger partial charge >= 0.3 is 0 Å². The Morgan fingerprint density at radius 2 is 1.95 bits per heavy atom. The van der Waals surface area contributed by atoms with Gasteiger partial charge in [0.15, 0.2) is 0 Å². The molecule has 1 aliphatic heterocycles. The van der Waals surface area contributed by atoms with Gasteiger partial charge in [-0.25, -0.2) is 0 Å². The molecule has 1 rings (SSSR count). The fourth-order valence-corrected chi connectivity index (χ4v) is 2.69. The second-order valence-electron chi connectivity index (χ2n) is 5.63. The molecule has 0 aliphatic carbocycles. The molecule has 3 nitrogen and oxygen atoms in total. The first-order valence-corrected chi connectivity index (χ1v) is 8.27. The third-order valence-corrected chi connectivity index (χ3v) is 3.94. The minimum absolute atomic E-state index is 0.479. The molecule has 0 amide bonds. The van der Waals surface area contributed by atoms with E-state index in [1.807, 2.05) is 0 Å². The van der Waals surface area contributed by atoms with E-state index in [0.717, 1.165) is 33.0 Å². The second-order valence-corrected chi connectivity index (χ2v) is 5.63. The maximum atomic E-state index is 5.85. The van der Waals surface area contributed by atoms with Crippen LogP contribution in [-0.4, -0.2) is 39.0 Å². The first-order valence-electron chi connectivity index (χ1n) is 8.27. The molecule has 0 saturated carbocycles. The summed E-state index contributed by atoms with van der Waals surface area (Å²) >= 11 is 0. The average molecular weight is 271 g/mol. The maximum absolute atomic E-state index is 5.85. The van der Waals surface area contributed by atoms with Gasteiger partial charge in [0.05, 0.1) is 13.2 Å². The van der Waals surface area contributed by atoms with Gasteiger partial charge in [-0.05, 0) is 19.4 Å². The van der Waals surface area contributed by atoms with Gasteiger partial charge < -0.3 is 14.8 Å². The Morgan fingerprint density at radius 3 is 2.63 bits per heavy atom. The minimum Gasteiger partial charge on any atom is -0.381 e. The van der Waals surface area contributed by atoms with E-state index in [4.69, 9.17) is 9.47 Å². The number of rotatable bonds is 12. The third kappa shape index (κ3) is 7.91. The van der Waals surface area contributed by atoms with Crippen LogP contribution < -0.4 is 5.32 Å². The fraction of sp³-hybridized carbons (Fsp3) is 1.00. The Bertz CT molecular complexity index is 193. The van der Waals surface area contributed by atoms with Crippen LogP contribution in [0.2, 0.25) is 0 Å². The van der Waals surface area contributed by atoms with Crippen molar-refractivity contribution in [3.05, 3.63) is 0 Å². The molecule has 114 valence electrons. The average Bonchev–Trinajstić information content (AvgIpc) is 2.94. The summed E-state index contributed by atoms with van der Waals surface area (Å²) in [6.45, 7) is 9.02. The van der Waals surface area contributed by atoms with Crippen molar-refractivity contribution in [3.8, 4) is 0 Å². The highest BCUT2D eigenvalue weighted by molar-refractivity contribution is 4.78. The molecule has 1 heterocycles. The summed E-state index contributed by atoms with van der Waals surface area (Å²) in [6, 6.07) is 0.479. The van der Waals surface area contributed by atoms with Crippen molar-refractivity contribution in [2.24, 2.45) is 5.92 Å². The largest absolute Gasteiger partial charge is 0.381 e. The molecular formula is C16H33NO2. The number of hydrogen-bond donors (Lipinski definition) is 1.